The van der Waals surface area contributed by atoms with E-state index in [9.17, 15) is 14.4 Å². The first-order valence-corrected chi connectivity index (χ1v) is 7.76. The summed E-state index contributed by atoms with van der Waals surface area (Å²) in [6, 6.07) is 5.23. The first-order valence-electron chi connectivity index (χ1n) is 7.38. The van der Waals surface area contributed by atoms with Crippen LogP contribution in [0.25, 0.3) is 0 Å². The van der Waals surface area contributed by atoms with Gasteiger partial charge in [-0.25, -0.2) is 0 Å². The van der Waals surface area contributed by atoms with Crippen molar-refractivity contribution in [1.29, 1.82) is 0 Å². The van der Waals surface area contributed by atoms with Gasteiger partial charge in [-0.3, -0.25) is 14.4 Å². The normalized spacial score (nSPS) is 29.0. The Labute approximate surface area is 134 Å². The molecule has 1 N–H and O–H groups in total. The number of carbonyl (C=O) groups excluding carboxylic acids is 3. The smallest absolute Gasteiger partial charge is 0.239 e. The Morgan fingerprint density at radius 3 is 2.59 bits per heavy atom. The van der Waals surface area contributed by atoms with Crippen LogP contribution in [0, 0.1) is 23.7 Å². The summed E-state index contributed by atoms with van der Waals surface area (Å²) in [6.45, 7) is 5.50. The van der Waals surface area contributed by atoms with Crippen molar-refractivity contribution in [3.8, 4) is 0 Å². The van der Waals surface area contributed by atoms with Gasteiger partial charge in [0.15, 0.2) is 0 Å². The summed E-state index contributed by atoms with van der Waals surface area (Å²) in [7, 11) is 0. The molecule has 1 amide bonds. The molecule has 0 spiro atoms. The SMILES string of the molecule is Cc1c(Cl)cccc1NC(=O)C12CCC(C(=O)C1=O)C2(C)C. The Morgan fingerprint density at radius 2 is 2.00 bits per heavy atom. The van der Waals surface area contributed by atoms with E-state index in [4.69, 9.17) is 11.6 Å². The predicted molar refractivity (Wildman–Crippen MR) is 83.8 cm³/mol. The number of anilines is 1. The van der Waals surface area contributed by atoms with Gasteiger partial charge in [0, 0.05) is 16.6 Å². The Balaban J connectivity index is 2.00. The van der Waals surface area contributed by atoms with Crippen LogP contribution in [-0.2, 0) is 14.4 Å². The highest BCUT2D eigenvalue weighted by atomic mass is 35.5. The van der Waals surface area contributed by atoms with Gasteiger partial charge in [-0.1, -0.05) is 31.5 Å². The molecule has 0 aromatic heterocycles. The van der Waals surface area contributed by atoms with Crippen LogP contribution in [0.2, 0.25) is 5.02 Å². The number of halogens is 1. The van der Waals surface area contributed by atoms with Gasteiger partial charge in [-0.2, -0.15) is 0 Å². The number of hydrogen-bond donors (Lipinski definition) is 1. The largest absolute Gasteiger partial charge is 0.325 e. The van der Waals surface area contributed by atoms with Crippen molar-refractivity contribution in [1.82, 2.24) is 0 Å². The van der Waals surface area contributed by atoms with Crippen LogP contribution in [0.4, 0.5) is 5.69 Å². The molecule has 1 aromatic carbocycles. The summed E-state index contributed by atoms with van der Waals surface area (Å²) >= 11 is 6.07. The van der Waals surface area contributed by atoms with E-state index in [1.807, 2.05) is 13.8 Å². The summed E-state index contributed by atoms with van der Waals surface area (Å²) in [6.07, 6.45) is 1.03. The Kier molecular flexibility index (Phi) is 3.22. The monoisotopic (exact) mass is 319 g/mol. The first-order chi connectivity index (χ1) is 10.2. The third-order valence-electron chi connectivity index (χ3n) is 5.61. The Hall–Kier alpha value is -1.68. The molecule has 2 aliphatic rings. The first kappa shape index (κ1) is 15.2. The molecule has 2 unspecified atom stereocenters. The Morgan fingerprint density at radius 1 is 1.32 bits per heavy atom. The summed E-state index contributed by atoms with van der Waals surface area (Å²) in [5.41, 5.74) is -0.558. The van der Waals surface area contributed by atoms with Gasteiger partial charge in [-0.15, -0.1) is 0 Å². The molecule has 0 saturated heterocycles. The fourth-order valence-electron chi connectivity index (χ4n) is 4.06. The fraction of sp³-hybridized carbons (Fsp3) is 0.471. The second-order valence-corrected chi connectivity index (χ2v) is 7.19. The van der Waals surface area contributed by atoms with Crippen molar-refractivity contribution in [3.63, 3.8) is 0 Å². The van der Waals surface area contributed by atoms with E-state index in [1.54, 1.807) is 25.1 Å². The standard InChI is InChI=1S/C17H18ClNO3/c1-9-11(18)5-4-6-12(9)19-15(22)17-8-7-10(16(17,2)3)13(20)14(17)21/h4-6,10H,7-8H2,1-3H3,(H,19,22). The molecule has 2 saturated carbocycles. The van der Waals surface area contributed by atoms with E-state index < -0.39 is 22.4 Å². The molecule has 2 bridgehead atoms. The molecule has 2 aliphatic carbocycles. The molecule has 22 heavy (non-hydrogen) atoms. The second kappa shape index (κ2) is 4.66. The fourth-order valence-corrected chi connectivity index (χ4v) is 4.23. The average Bonchev–Trinajstić information content (AvgIpc) is 2.80. The van der Waals surface area contributed by atoms with E-state index >= 15 is 0 Å². The highest BCUT2D eigenvalue weighted by Crippen LogP contribution is 2.62. The summed E-state index contributed by atoms with van der Waals surface area (Å²) in [5, 5.41) is 3.37. The molecule has 2 fully saturated rings. The second-order valence-electron chi connectivity index (χ2n) is 6.78. The van der Waals surface area contributed by atoms with Gasteiger partial charge in [-0.05, 0) is 42.9 Å². The third-order valence-corrected chi connectivity index (χ3v) is 6.02. The number of hydrogen-bond acceptors (Lipinski definition) is 3. The molecule has 5 heteroatoms. The maximum atomic E-state index is 12.9. The van der Waals surface area contributed by atoms with Crippen molar-refractivity contribution in [2.75, 3.05) is 5.32 Å². The zero-order valence-corrected chi connectivity index (χ0v) is 13.6. The van der Waals surface area contributed by atoms with Crippen LogP contribution in [0.5, 0.6) is 0 Å². The lowest BCUT2D eigenvalue weighted by atomic mass is 9.68. The lowest BCUT2D eigenvalue weighted by Crippen LogP contribution is -2.47. The van der Waals surface area contributed by atoms with Crippen LogP contribution in [-0.4, -0.2) is 17.5 Å². The minimum Gasteiger partial charge on any atom is -0.325 e. The van der Waals surface area contributed by atoms with Crippen molar-refractivity contribution in [2.45, 2.75) is 33.6 Å². The molecule has 4 nitrogen and oxygen atoms in total. The molecule has 116 valence electrons. The van der Waals surface area contributed by atoms with Crippen LogP contribution in [0.3, 0.4) is 0 Å². The topological polar surface area (TPSA) is 63.2 Å². The number of benzene rings is 1. The van der Waals surface area contributed by atoms with Crippen molar-refractivity contribution < 1.29 is 14.4 Å². The molecule has 2 atom stereocenters. The predicted octanol–water partition coefficient (Wildman–Crippen LogP) is 3.16. The van der Waals surface area contributed by atoms with E-state index in [0.717, 1.165) is 5.56 Å². The molecule has 3 rings (SSSR count). The van der Waals surface area contributed by atoms with Crippen LogP contribution < -0.4 is 5.32 Å². The van der Waals surface area contributed by atoms with Crippen molar-refractivity contribution in [3.05, 3.63) is 28.8 Å². The molecule has 1 aromatic rings. The van der Waals surface area contributed by atoms with E-state index in [-0.39, 0.29) is 11.8 Å². The molecular formula is C17H18ClNO3. The number of rotatable bonds is 2. The van der Waals surface area contributed by atoms with Gasteiger partial charge in [0.2, 0.25) is 17.5 Å². The quantitative estimate of drug-likeness (QED) is 0.672. The highest BCUT2D eigenvalue weighted by Gasteiger charge is 2.72. The summed E-state index contributed by atoms with van der Waals surface area (Å²) < 4.78 is 0. The Bertz CT molecular complexity index is 710. The number of ketones is 2. The maximum Gasteiger partial charge on any atom is 0.239 e. The minimum absolute atomic E-state index is 0.341. The average molecular weight is 320 g/mol. The number of nitrogens with one attached hydrogen (secondary N) is 1. The number of amides is 1. The van der Waals surface area contributed by atoms with Crippen LogP contribution >= 0.6 is 11.6 Å². The number of carbonyl (C=O) groups is 3. The maximum absolute atomic E-state index is 12.9. The molecule has 0 aliphatic heterocycles. The van der Waals surface area contributed by atoms with Crippen LogP contribution in [0.1, 0.15) is 32.3 Å². The molecule has 0 heterocycles. The van der Waals surface area contributed by atoms with Gasteiger partial charge >= 0.3 is 0 Å². The van der Waals surface area contributed by atoms with E-state index in [0.29, 0.717) is 23.6 Å². The third kappa shape index (κ3) is 1.67. The van der Waals surface area contributed by atoms with Gasteiger partial charge in [0.25, 0.3) is 0 Å². The van der Waals surface area contributed by atoms with Crippen LogP contribution in [0.15, 0.2) is 18.2 Å². The number of fused-ring (bicyclic) bond motifs is 2. The molecule has 0 radical (unpaired) electrons. The van der Waals surface area contributed by atoms with Gasteiger partial charge in [0.05, 0.1) is 0 Å². The van der Waals surface area contributed by atoms with E-state index in [1.165, 1.54) is 0 Å². The van der Waals surface area contributed by atoms with Crippen molar-refractivity contribution >= 4 is 34.8 Å². The number of Topliss-reactive ketones (excluding diaryl/α,β-unsaturated/α-hetero) is 2. The zero-order chi connectivity index (χ0) is 16.3. The summed E-state index contributed by atoms with van der Waals surface area (Å²) in [5.74, 6) is -1.66. The highest BCUT2D eigenvalue weighted by molar-refractivity contribution is 6.48. The summed E-state index contributed by atoms with van der Waals surface area (Å²) in [4.78, 5) is 37.5. The van der Waals surface area contributed by atoms with E-state index in [2.05, 4.69) is 5.32 Å². The lowest BCUT2D eigenvalue weighted by Gasteiger charge is -2.34. The minimum atomic E-state index is -1.25. The molecular weight excluding hydrogens is 302 g/mol. The van der Waals surface area contributed by atoms with Gasteiger partial charge < -0.3 is 5.32 Å². The zero-order valence-electron chi connectivity index (χ0n) is 12.8. The van der Waals surface area contributed by atoms with Gasteiger partial charge in [0.1, 0.15) is 5.41 Å². The van der Waals surface area contributed by atoms with Crippen molar-refractivity contribution in [2.24, 2.45) is 16.7 Å². The lowest BCUT2D eigenvalue weighted by molar-refractivity contribution is -0.147.